The van der Waals surface area contributed by atoms with E-state index in [1.54, 1.807) is 0 Å². The molecule has 1 saturated carbocycles. The Bertz CT molecular complexity index is 998. The van der Waals surface area contributed by atoms with Gasteiger partial charge in [0, 0.05) is 4.47 Å². The van der Waals surface area contributed by atoms with Gasteiger partial charge in [0.05, 0.1) is 11.7 Å². The minimum Gasteiger partial charge on any atom is -0.368 e. The molecule has 1 fully saturated rings. The van der Waals surface area contributed by atoms with Crippen molar-refractivity contribution in [3.05, 3.63) is 58.6 Å². The van der Waals surface area contributed by atoms with Crippen molar-refractivity contribution in [2.75, 3.05) is 0 Å². The van der Waals surface area contributed by atoms with Gasteiger partial charge in [0.2, 0.25) is 0 Å². The number of hydrogen-bond donors (Lipinski definition) is 0. The number of hydrogen-bond acceptors (Lipinski definition) is 1. The number of fused-ring (bicyclic) bond motifs is 2. The summed E-state index contributed by atoms with van der Waals surface area (Å²) in [5.74, 6) is 1.72. The second-order valence-electron chi connectivity index (χ2n) is 9.40. The summed E-state index contributed by atoms with van der Waals surface area (Å²) in [6, 6.07) is 17.6. The van der Waals surface area contributed by atoms with Crippen LogP contribution in [0.4, 0.5) is 0 Å². The molecule has 2 heteroatoms. The molecule has 0 N–H and O–H groups in total. The third kappa shape index (κ3) is 4.25. The van der Waals surface area contributed by atoms with Crippen LogP contribution < -0.4 is 0 Å². The zero-order valence-electron chi connectivity index (χ0n) is 18.2. The van der Waals surface area contributed by atoms with E-state index in [0.29, 0.717) is 6.10 Å². The molecule has 0 spiro atoms. The van der Waals surface area contributed by atoms with Crippen LogP contribution in [0.5, 0.6) is 0 Å². The average Bonchev–Trinajstić information content (AvgIpc) is 2.72. The molecular weight excluding hydrogens is 420 g/mol. The first-order chi connectivity index (χ1) is 13.9. The molecular formula is C27H33BrO. The van der Waals surface area contributed by atoms with Crippen molar-refractivity contribution in [2.24, 2.45) is 11.8 Å². The maximum Gasteiger partial charge on any atom is 0.0890 e. The van der Waals surface area contributed by atoms with Crippen LogP contribution in [0.25, 0.3) is 21.5 Å². The average molecular weight is 453 g/mol. The molecule has 0 radical (unpaired) electrons. The lowest BCUT2D eigenvalue weighted by Crippen LogP contribution is -2.32. The SMILES string of the molecule is CCC(C)C1CCC(OC(C)(C)c2ccc3cc4ccccc4cc3c2Br)CC1. The maximum atomic E-state index is 6.71. The highest BCUT2D eigenvalue weighted by Gasteiger charge is 2.32. The number of halogens is 1. The summed E-state index contributed by atoms with van der Waals surface area (Å²) in [6.07, 6.45) is 6.65. The summed E-state index contributed by atoms with van der Waals surface area (Å²) < 4.78 is 7.88. The highest BCUT2D eigenvalue weighted by atomic mass is 79.9. The molecule has 154 valence electrons. The molecule has 0 aromatic heterocycles. The van der Waals surface area contributed by atoms with Gasteiger partial charge in [0.25, 0.3) is 0 Å². The Morgan fingerprint density at radius 3 is 2.28 bits per heavy atom. The van der Waals surface area contributed by atoms with E-state index in [-0.39, 0.29) is 5.60 Å². The van der Waals surface area contributed by atoms with Crippen LogP contribution in [0.1, 0.15) is 65.4 Å². The Balaban J connectivity index is 1.58. The molecule has 1 nitrogen and oxygen atoms in total. The molecule has 0 bridgehead atoms. The van der Waals surface area contributed by atoms with Gasteiger partial charge in [-0.25, -0.2) is 0 Å². The van der Waals surface area contributed by atoms with Gasteiger partial charge in [-0.2, -0.15) is 0 Å². The molecule has 1 aliphatic rings. The van der Waals surface area contributed by atoms with Crippen LogP contribution in [0.15, 0.2) is 53.0 Å². The standard InChI is InChI=1S/C27H33BrO/c1-5-18(2)19-10-13-23(14-11-19)29-27(3,4)25-15-12-22-16-20-8-6-7-9-21(20)17-24(22)26(25)28/h6-9,12,15-19,23H,5,10-11,13-14H2,1-4H3. The van der Waals surface area contributed by atoms with Crippen LogP contribution in [0.3, 0.4) is 0 Å². The predicted octanol–water partition coefficient (Wildman–Crippen LogP) is 8.61. The fraction of sp³-hybridized carbons (Fsp3) is 0.481. The Kier molecular flexibility index (Phi) is 6.04. The van der Waals surface area contributed by atoms with Crippen LogP contribution in [0, 0.1) is 11.8 Å². The van der Waals surface area contributed by atoms with Gasteiger partial charge >= 0.3 is 0 Å². The van der Waals surface area contributed by atoms with E-state index in [1.165, 1.54) is 63.7 Å². The summed E-state index contributed by atoms with van der Waals surface area (Å²) in [6.45, 7) is 9.17. The Labute approximate surface area is 184 Å². The third-order valence-electron chi connectivity index (χ3n) is 7.10. The number of rotatable bonds is 5. The van der Waals surface area contributed by atoms with Crippen molar-refractivity contribution in [1.82, 2.24) is 0 Å². The fourth-order valence-electron chi connectivity index (χ4n) is 5.03. The summed E-state index contributed by atoms with van der Waals surface area (Å²) in [5, 5.41) is 5.09. The highest BCUT2D eigenvalue weighted by molar-refractivity contribution is 9.10. The van der Waals surface area contributed by atoms with Gasteiger partial charge in [-0.05, 0) is 107 Å². The van der Waals surface area contributed by atoms with Crippen LogP contribution >= 0.6 is 15.9 Å². The molecule has 4 rings (SSSR count). The van der Waals surface area contributed by atoms with Gasteiger partial charge in [-0.1, -0.05) is 56.7 Å². The lowest BCUT2D eigenvalue weighted by molar-refractivity contribution is -0.0958. The Morgan fingerprint density at radius 1 is 0.966 bits per heavy atom. The molecule has 1 aliphatic carbocycles. The topological polar surface area (TPSA) is 9.23 Å². The van der Waals surface area contributed by atoms with Crippen LogP contribution in [-0.2, 0) is 10.3 Å². The minimum absolute atomic E-state index is 0.313. The number of ether oxygens (including phenoxy) is 1. The van der Waals surface area contributed by atoms with E-state index in [9.17, 15) is 0 Å². The molecule has 3 aromatic rings. The smallest absolute Gasteiger partial charge is 0.0890 e. The molecule has 0 aliphatic heterocycles. The van der Waals surface area contributed by atoms with Crippen molar-refractivity contribution >= 4 is 37.5 Å². The minimum atomic E-state index is -0.313. The molecule has 1 atom stereocenters. The largest absolute Gasteiger partial charge is 0.368 e. The van der Waals surface area contributed by atoms with E-state index in [0.717, 1.165) is 11.8 Å². The fourth-order valence-corrected chi connectivity index (χ4v) is 5.98. The summed E-state index contributed by atoms with van der Waals surface area (Å²) in [4.78, 5) is 0. The van der Waals surface area contributed by atoms with E-state index in [1.807, 2.05) is 0 Å². The van der Waals surface area contributed by atoms with Gasteiger partial charge in [0.1, 0.15) is 0 Å². The monoisotopic (exact) mass is 452 g/mol. The summed E-state index contributed by atoms with van der Waals surface area (Å²) >= 11 is 3.93. The second-order valence-corrected chi connectivity index (χ2v) is 10.2. The molecule has 29 heavy (non-hydrogen) atoms. The molecule has 3 aromatic carbocycles. The first-order valence-corrected chi connectivity index (χ1v) is 12.0. The van der Waals surface area contributed by atoms with Crippen LogP contribution in [0.2, 0.25) is 0 Å². The predicted molar refractivity (Wildman–Crippen MR) is 128 cm³/mol. The Morgan fingerprint density at radius 2 is 1.62 bits per heavy atom. The molecule has 0 amide bonds. The quantitative estimate of drug-likeness (QED) is 0.352. The first kappa shape index (κ1) is 20.9. The van der Waals surface area contributed by atoms with Crippen molar-refractivity contribution in [1.29, 1.82) is 0 Å². The lowest BCUT2D eigenvalue weighted by Gasteiger charge is -2.37. The zero-order valence-corrected chi connectivity index (χ0v) is 19.8. The van der Waals surface area contributed by atoms with Gasteiger partial charge in [0.15, 0.2) is 0 Å². The van der Waals surface area contributed by atoms with Gasteiger partial charge in [-0.15, -0.1) is 0 Å². The van der Waals surface area contributed by atoms with Gasteiger partial charge in [-0.3, -0.25) is 0 Å². The van der Waals surface area contributed by atoms with E-state index in [4.69, 9.17) is 4.74 Å². The third-order valence-corrected chi connectivity index (χ3v) is 7.95. The van der Waals surface area contributed by atoms with E-state index in [2.05, 4.69) is 92.2 Å². The summed E-state index contributed by atoms with van der Waals surface area (Å²) in [5.41, 5.74) is 0.927. The molecule has 0 heterocycles. The van der Waals surface area contributed by atoms with Crippen molar-refractivity contribution < 1.29 is 4.74 Å². The van der Waals surface area contributed by atoms with Gasteiger partial charge < -0.3 is 4.74 Å². The van der Waals surface area contributed by atoms with Crippen LogP contribution in [-0.4, -0.2) is 6.10 Å². The molecule has 1 unspecified atom stereocenters. The van der Waals surface area contributed by atoms with E-state index >= 15 is 0 Å². The highest BCUT2D eigenvalue weighted by Crippen LogP contribution is 2.41. The second kappa shape index (κ2) is 8.40. The Hall–Kier alpha value is -1.38. The molecule has 0 saturated heterocycles. The normalized spacial score (nSPS) is 21.6. The lowest BCUT2D eigenvalue weighted by atomic mass is 9.78. The summed E-state index contributed by atoms with van der Waals surface area (Å²) in [7, 11) is 0. The van der Waals surface area contributed by atoms with E-state index < -0.39 is 0 Å². The van der Waals surface area contributed by atoms with Crippen molar-refractivity contribution in [2.45, 2.75) is 71.5 Å². The maximum absolute atomic E-state index is 6.71. The van der Waals surface area contributed by atoms with Crippen molar-refractivity contribution in [3.63, 3.8) is 0 Å². The zero-order chi connectivity index (χ0) is 20.6. The number of benzene rings is 3. The first-order valence-electron chi connectivity index (χ1n) is 11.2. The van der Waals surface area contributed by atoms with Crippen molar-refractivity contribution in [3.8, 4) is 0 Å².